The van der Waals surface area contributed by atoms with Crippen LogP contribution in [0.1, 0.15) is 83.7 Å². The Morgan fingerprint density at radius 3 is 2.52 bits per heavy atom. The lowest BCUT2D eigenvalue weighted by molar-refractivity contribution is 0.0851. The molecule has 7 heteroatoms. The summed E-state index contributed by atoms with van der Waals surface area (Å²) < 4.78 is 0. The molecule has 0 aliphatic carbocycles. The van der Waals surface area contributed by atoms with Crippen molar-refractivity contribution in [3.63, 3.8) is 0 Å². The molecule has 2 amide bonds. The predicted octanol–water partition coefficient (Wildman–Crippen LogP) is 8.65. The van der Waals surface area contributed by atoms with E-state index in [1.165, 1.54) is 16.7 Å². The van der Waals surface area contributed by atoms with Crippen molar-refractivity contribution in [3.05, 3.63) is 117 Å². The van der Waals surface area contributed by atoms with Crippen molar-refractivity contribution in [1.82, 2.24) is 9.88 Å². The van der Waals surface area contributed by atoms with Crippen LogP contribution in [0.15, 0.2) is 83.3 Å². The first-order chi connectivity index (χ1) is 20.5. The zero-order valence-corrected chi connectivity index (χ0v) is 25.8. The highest BCUT2D eigenvalue weighted by molar-refractivity contribution is 7.10. The van der Waals surface area contributed by atoms with E-state index < -0.39 is 0 Å². The number of oxime groups is 1. The number of benzene rings is 3. The van der Waals surface area contributed by atoms with Gasteiger partial charge in [0.25, 0.3) is 0 Å². The smallest absolute Gasteiger partial charge is 0.321 e. The molecule has 6 rings (SSSR count). The molecule has 42 heavy (non-hydrogen) atoms. The minimum atomic E-state index is -0.0983. The van der Waals surface area contributed by atoms with Crippen LogP contribution in [-0.4, -0.2) is 34.7 Å². The van der Waals surface area contributed by atoms with E-state index in [1.54, 1.807) is 11.3 Å². The number of carbonyl (C=O) groups excluding carboxylic acids is 1. The molecule has 1 saturated heterocycles. The fraction of sp³-hybridized carbons (Fsp3) is 0.343. The fourth-order valence-corrected chi connectivity index (χ4v) is 6.52. The van der Waals surface area contributed by atoms with Gasteiger partial charge in [0.05, 0.1) is 10.7 Å². The summed E-state index contributed by atoms with van der Waals surface area (Å²) in [6.45, 7) is 9.51. The van der Waals surface area contributed by atoms with Gasteiger partial charge in [-0.15, -0.1) is 11.3 Å². The molecule has 1 aromatic heterocycles. The molecule has 1 atom stereocenters. The first-order valence-electron chi connectivity index (χ1n) is 15.0. The number of likely N-dealkylation sites (tertiary alicyclic amines) is 1. The second kappa shape index (κ2) is 13.8. The summed E-state index contributed by atoms with van der Waals surface area (Å²) in [5, 5.41) is 10.8. The van der Waals surface area contributed by atoms with Crippen LogP contribution in [0.3, 0.4) is 0 Å². The van der Waals surface area contributed by atoms with Gasteiger partial charge in [-0.05, 0) is 67.0 Å². The van der Waals surface area contributed by atoms with E-state index in [4.69, 9.17) is 9.82 Å². The number of nitrogens with one attached hydrogen (secondary N) is 1. The van der Waals surface area contributed by atoms with Gasteiger partial charge in [-0.3, -0.25) is 0 Å². The van der Waals surface area contributed by atoms with Crippen molar-refractivity contribution < 1.29 is 9.63 Å². The topological polar surface area (TPSA) is 66.8 Å². The van der Waals surface area contributed by atoms with Crippen LogP contribution in [0.25, 0.3) is 0 Å². The maximum atomic E-state index is 12.9. The van der Waals surface area contributed by atoms with E-state index in [0.717, 1.165) is 65.6 Å². The quantitative estimate of drug-likeness (QED) is 0.248. The molecule has 0 radical (unpaired) electrons. The minimum Gasteiger partial charge on any atom is -0.387 e. The van der Waals surface area contributed by atoms with Crippen molar-refractivity contribution in [2.24, 2.45) is 5.16 Å². The molecule has 4 aromatic rings. The van der Waals surface area contributed by atoms with Crippen molar-refractivity contribution in [3.8, 4) is 0 Å². The minimum absolute atomic E-state index is 0.0250. The Hall–Kier alpha value is -3.97. The number of amides is 2. The van der Waals surface area contributed by atoms with Gasteiger partial charge < -0.3 is 15.1 Å². The maximum Gasteiger partial charge on any atom is 0.321 e. The largest absolute Gasteiger partial charge is 0.387 e. The number of carbonyl (C=O) groups is 1. The van der Waals surface area contributed by atoms with E-state index in [-0.39, 0.29) is 12.1 Å². The molecule has 1 fully saturated rings. The zero-order valence-electron chi connectivity index (χ0n) is 25.0. The van der Waals surface area contributed by atoms with E-state index in [0.29, 0.717) is 12.3 Å². The molecule has 3 heterocycles. The molecular formula is C35H40N4O2S. The average Bonchev–Trinajstić information content (AvgIpc) is 3.72. The number of aromatic nitrogens is 1. The number of aryl methyl sites for hydroxylation is 2. The van der Waals surface area contributed by atoms with E-state index >= 15 is 0 Å². The lowest BCUT2D eigenvalue weighted by Crippen LogP contribution is -2.40. The molecule has 1 unspecified atom stereocenters. The summed E-state index contributed by atoms with van der Waals surface area (Å²) >= 11 is 1.69. The molecule has 0 saturated carbocycles. The SMILES string of the molecule is CC.Cc1ccc(C)c(NC(=O)N2CCC(c3nc(C4=NOC(c5ccccc5Cc5ccccc5)C4)cs3)CC2)c1. The van der Waals surface area contributed by atoms with Crippen LogP contribution in [0.2, 0.25) is 0 Å². The Balaban J connectivity index is 0.00000173. The van der Waals surface area contributed by atoms with Gasteiger partial charge >= 0.3 is 6.03 Å². The maximum absolute atomic E-state index is 12.9. The summed E-state index contributed by atoms with van der Waals surface area (Å²) in [5.41, 5.74) is 8.66. The number of urea groups is 1. The van der Waals surface area contributed by atoms with E-state index in [2.05, 4.69) is 70.4 Å². The van der Waals surface area contributed by atoms with Gasteiger partial charge in [-0.2, -0.15) is 0 Å². The third-order valence-corrected chi connectivity index (χ3v) is 8.90. The third kappa shape index (κ3) is 6.90. The summed E-state index contributed by atoms with van der Waals surface area (Å²) in [6.07, 6.45) is 3.30. The number of nitrogens with zero attached hydrogens (tertiary/aromatic N) is 3. The molecule has 2 aliphatic heterocycles. The van der Waals surface area contributed by atoms with E-state index in [9.17, 15) is 4.79 Å². The van der Waals surface area contributed by atoms with Gasteiger partial charge in [0.1, 0.15) is 5.71 Å². The van der Waals surface area contributed by atoms with Crippen LogP contribution < -0.4 is 5.32 Å². The lowest BCUT2D eigenvalue weighted by Gasteiger charge is -2.31. The van der Waals surface area contributed by atoms with Crippen molar-refractivity contribution in [1.29, 1.82) is 0 Å². The summed E-state index contributed by atoms with van der Waals surface area (Å²) in [4.78, 5) is 25.7. The molecule has 6 nitrogen and oxygen atoms in total. The third-order valence-electron chi connectivity index (χ3n) is 7.89. The first kappa shape index (κ1) is 29.5. The normalized spacial score (nSPS) is 16.7. The highest BCUT2D eigenvalue weighted by Crippen LogP contribution is 2.35. The Morgan fingerprint density at radius 1 is 1.00 bits per heavy atom. The standard InChI is InChI=1S/C33H34N4O2S.C2H6/c1-22-12-13-23(2)28(18-22)35-33(38)37-16-14-25(15-17-37)32-34-30(21-40-32)29-20-31(39-36-29)27-11-7-6-10-26(27)19-24-8-4-3-5-9-24;1-2/h3-13,18,21,25,31H,14-17,19-20H2,1-2H3,(H,35,38);1-2H3. The van der Waals surface area contributed by atoms with Crippen molar-refractivity contribution >= 4 is 28.8 Å². The van der Waals surface area contributed by atoms with E-state index in [1.807, 2.05) is 50.8 Å². The summed E-state index contributed by atoms with van der Waals surface area (Å²) in [7, 11) is 0. The van der Waals surface area contributed by atoms with Crippen LogP contribution in [-0.2, 0) is 11.3 Å². The molecule has 3 aromatic carbocycles. The van der Waals surface area contributed by atoms with Gasteiger partial charge in [0.15, 0.2) is 6.10 Å². The van der Waals surface area contributed by atoms with Gasteiger partial charge in [0, 0.05) is 36.5 Å². The molecule has 1 N–H and O–H groups in total. The lowest BCUT2D eigenvalue weighted by atomic mass is 9.94. The number of anilines is 1. The molecule has 0 spiro atoms. The highest BCUT2D eigenvalue weighted by Gasteiger charge is 2.30. The highest BCUT2D eigenvalue weighted by atomic mass is 32.1. The Kier molecular flexibility index (Phi) is 9.70. The van der Waals surface area contributed by atoms with Gasteiger partial charge in [0.2, 0.25) is 0 Å². The number of piperidine rings is 1. The molecule has 0 bridgehead atoms. The molecule has 218 valence electrons. The fourth-order valence-electron chi connectivity index (χ4n) is 5.52. The van der Waals surface area contributed by atoms with Crippen molar-refractivity contribution in [2.75, 3.05) is 18.4 Å². The number of rotatable bonds is 6. The zero-order chi connectivity index (χ0) is 29.5. The summed E-state index contributed by atoms with van der Waals surface area (Å²) in [6, 6.07) is 25.1. The van der Waals surface area contributed by atoms with Crippen LogP contribution >= 0.6 is 11.3 Å². The summed E-state index contributed by atoms with van der Waals surface area (Å²) in [5.74, 6) is 0.355. The monoisotopic (exact) mass is 580 g/mol. The predicted molar refractivity (Wildman–Crippen MR) is 173 cm³/mol. The second-order valence-corrected chi connectivity index (χ2v) is 11.7. The number of thiazole rings is 1. The second-order valence-electron chi connectivity index (χ2n) is 10.8. The van der Waals surface area contributed by atoms with Gasteiger partial charge in [-0.25, -0.2) is 9.78 Å². The Labute approximate surface area is 253 Å². The first-order valence-corrected chi connectivity index (χ1v) is 15.8. The molecular weight excluding hydrogens is 540 g/mol. The van der Waals surface area contributed by atoms with Crippen LogP contribution in [0.5, 0.6) is 0 Å². The van der Waals surface area contributed by atoms with Crippen molar-refractivity contribution in [2.45, 2.75) is 65.4 Å². The van der Waals surface area contributed by atoms with Gasteiger partial charge in [-0.1, -0.05) is 85.7 Å². The Morgan fingerprint density at radius 2 is 1.74 bits per heavy atom. The Bertz CT molecular complexity index is 1520. The van der Waals surface area contributed by atoms with Crippen LogP contribution in [0.4, 0.5) is 10.5 Å². The number of hydrogen-bond acceptors (Lipinski definition) is 5. The number of hydrogen-bond donors (Lipinski definition) is 1. The molecule has 2 aliphatic rings. The average molecular weight is 581 g/mol. The van der Waals surface area contributed by atoms with Crippen LogP contribution in [0, 0.1) is 13.8 Å².